The van der Waals surface area contributed by atoms with Crippen LogP contribution in [0.3, 0.4) is 0 Å². The predicted molar refractivity (Wildman–Crippen MR) is 154 cm³/mol. The van der Waals surface area contributed by atoms with Gasteiger partial charge in [-0.2, -0.15) is 0 Å². The number of hydrogen-bond donors (Lipinski definition) is 2. The van der Waals surface area contributed by atoms with Gasteiger partial charge in [0.15, 0.2) is 0 Å². The summed E-state index contributed by atoms with van der Waals surface area (Å²) in [5.74, 6) is -2.66. The van der Waals surface area contributed by atoms with E-state index >= 15 is 0 Å². The molecule has 1 aliphatic carbocycles. The van der Waals surface area contributed by atoms with Gasteiger partial charge in [0.05, 0.1) is 27.5 Å². The van der Waals surface area contributed by atoms with Crippen LogP contribution in [0.4, 0.5) is 5.69 Å². The number of hydrogen-bond acceptors (Lipinski definition) is 4. The summed E-state index contributed by atoms with van der Waals surface area (Å²) >= 11 is 18.3. The molecule has 3 heterocycles. The summed E-state index contributed by atoms with van der Waals surface area (Å²) in [6.07, 6.45) is 8.73. The first-order chi connectivity index (χ1) is 19.1. The smallest absolute Gasteiger partial charge is 0.246 e. The number of likely N-dealkylation sites (tertiary alicyclic amines) is 1. The molecule has 2 N–H and O–H groups in total. The van der Waals surface area contributed by atoms with Gasteiger partial charge >= 0.3 is 0 Å². The molecule has 0 aromatic heterocycles. The Bertz CT molecular complexity index is 1390. The van der Waals surface area contributed by atoms with Gasteiger partial charge in [-0.25, -0.2) is 0 Å². The quantitative estimate of drug-likeness (QED) is 0.411. The van der Waals surface area contributed by atoms with Crippen LogP contribution in [0.2, 0.25) is 15.1 Å². The predicted octanol–water partition coefficient (Wildman–Crippen LogP) is 5.78. The van der Waals surface area contributed by atoms with Crippen LogP contribution in [0.25, 0.3) is 0 Å². The molecule has 10 heteroatoms. The van der Waals surface area contributed by atoms with E-state index in [0.717, 1.165) is 37.7 Å². The summed E-state index contributed by atoms with van der Waals surface area (Å²) in [7, 11) is 0. The maximum atomic E-state index is 14.2. The van der Waals surface area contributed by atoms with Crippen molar-refractivity contribution in [2.24, 2.45) is 11.8 Å². The molecule has 1 saturated carbocycles. The molecule has 6 rings (SSSR count). The number of carbonyl (C=O) groups is 3. The fraction of sp³-hybridized carbons (Fsp3) is 0.433. The van der Waals surface area contributed by atoms with Crippen LogP contribution in [-0.2, 0) is 25.7 Å². The Hall–Kier alpha value is -2.58. The van der Waals surface area contributed by atoms with Crippen molar-refractivity contribution < 1.29 is 19.1 Å². The Morgan fingerprint density at radius 3 is 2.40 bits per heavy atom. The lowest BCUT2D eigenvalue weighted by atomic mass is 9.70. The molecule has 40 heavy (non-hydrogen) atoms. The third-order valence-electron chi connectivity index (χ3n) is 8.73. The lowest BCUT2D eigenvalue weighted by Crippen LogP contribution is -2.56. The molecule has 4 aliphatic rings. The molecule has 3 amide bonds. The highest BCUT2D eigenvalue weighted by Gasteiger charge is 2.76. The lowest BCUT2D eigenvalue weighted by Gasteiger charge is -2.34. The van der Waals surface area contributed by atoms with Crippen molar-refractivity contribution >= 4 is 58.2 Å². The van der Waals surface area contributed by atoms with Gasteiger partial charge in [-0.15, -0.1) is 0 Å². The van der Waals surface area contributed by atoms with E-state index < -0.39 is 29.1 Å². The van der Waals surface area contributed by atoms with Crippen LogP contribution >= 0.6 is 34.8 Å². The van der Waals surface area contributed by atoms with Gasteiger partial charge in [0.1, 0.15) is 11.6 Å². The fourth-order valence-corrected chi connectivity index (χ4v) is 7.33. The number of rotatable bonds is 6. The molecular weight excluding hydrogens is 573 g/mol. The first kappa shape index (κ1) is 27.6. The second kappa shape index (κ2) is 10.4. The maximum absolute atomic E-state index is 14.2. The summed E-state index contributed by atoms with van der Waals surface area (Å²) in [5, 5.41) is 7.35. The maximum Gasteiger partial charge on any atom is 0.246 e. The Kier molecular flexibility index (Phi) is 7.14. The van der Waals surface area contributed by atoms with Crippen molar-refractivity contribution in [3.8, 4) is 0 Å². The molecule has 2 bridgehead atoms. The summed E-state index contributed by atoms with van der Waals surface area (Å²) < 4.78 is 6.60. The van der Waals surface area contributed by atoms with Gasteiger partial charge in [0.2, 0.25) is 17.7 Å². The Balaban J connectivity index is 1.35. The second-order valence-corrected chi connectivity index (χ2v) is 12.6. The van der Waals surface area contributed by atoms with E-state index in [4.69, 9.17) is 39.5 Å². The normalized spacial score (nSPS) is 30.9. The first-order valence-corrected chi connectivity index (χ1v) is 14.8. The minimum absolute atomic E-state index is 0.0519. The summed E-state index contributed by atoms with van der Waals surface area (Å²) in [6.45, 7) is 1.98. The number of benzene rings is 2. The monoisotopic (exact) mass is 601 g/mol. The van der Waals surface area contributed by atoms with Crippen molar-refractivity contribution in [1.82, 2.24) is 10.2 Å². The molecule has 2 saturated heterocycles. The van der Waals surface area contributed by atoms with E-state index in [2.05, 4.69) is 10.6 Å². The third kappa shape index (κ3) is 4.61. The number of halogens is 3. The van der Waals surface area contributed by atoms with Crippen molar-refractivity contribution in [3.63, 3.8) is 0 Å². The van der Waals surface area contributed by atoms with Crippen molar-refractivity contribution in [2.45, 2.75) is 68.9 Å². The number of fused-ring (bicyclic) bond motifs is 1. The number of nitrogens with zero attached hydrogens (tertiary/aromatic N) is 1. The van der Waals surface area contributed by atoms with E-state index in [9.17, 15) is 14.4 Å². The highest BCUT2D eigenvalue weighted by molar-refractivity contribution is 6.42. The van der Waals surface area contributed by atoms with Crippen LogP contribution in [0, 0.1) is 11.8 Å². The summed E-state index contributed by atoms with van der Waals surface area (Å²) in [6, 6.07) is 11.1. The molecule has 2 aromatic carbocycles. The SMILES string of the molecule is C[C@@]12C=C[C@]3(O1)[C@H](C(=O)N(Cc1ccc(Cl)cc1)[C@@H]3C(=O)NC1CCCCC1)[C@H]2C(=O)Nc1ccc(Cl)c(Cl)c1. The zero-order valence-corrected chi connectivity index (χ0v) is 24.2. The van der Waals surface area contributed by atoms with Crippen LogP contribution < -0.4 is 10.6 Å². The van der Waals surface area contributed by atoms with Gasteiger partial charge in [-0.3, -0.25) is 14.4 Å². The number of ether oxygens (including phenoxy) is 1. The van der Waals surface area contributed by atoms with Gasteiger partial charge < -0.3 is 20.3 Å². The highest BCUT2D eigenvalue weighted by atomic mass is 35.5. The largest absolute Gasteiger partial charge is 0.356 e. The van der Waals surface area contributed by atoms with Gasteiger partial charge in [0.25, 0.3) is 0 Å². The number of anilines is 1. The molecule has 7 nitrogen and oxygen atoms in total. The molecule has 2 aromatic rings. The number of nitrogens with one attached hydrogen (secondary N) is 2. The van der Waals surface area contributed by atoms with Crippen LogP contribution in [0.5, 0.6) is 0 Å². The van der Waals surface area contributed by atoms with E-state index in [0.29, 0.717) is 20.8 Å². The standard InChI is InChI=1S/C30H30Cl3N3O4/c1-29-13-14-30(40-29)24(23(29)26(37)35-20-11-12-21(32)22(33)15-20)28(39)36(16-17-7-9-18(31)10-8-17)25(30)27(38)34-19-5-3-2-4-6-19/h7-15,19,23-25H,2-6,16H2,1H3,(H,34,38)(H,35,37)/t23-,24-,25+,29-,30-/m0/s1. The van der Waals surface area contributed by atoms with Crippen molar-refractivity contribution in [3.05, 3.63) is 75.2 Å². The minimum atomic E-state index is -1.27. The average molecular weight is 603 g/mol. The molecule has 0 unspecified atom stereocenters. The van der Waals surface area contributed by atoms with E-state index in [1.54, 1.807) is 42.2 Å². The Morgan fingerprint density at radius 2 is 1.70 bits per heavy atom. The van der Waals surface area contributed by atoms with Gasteiger partial charge in [0, 0.05) is 23.3 Å². The molecule has 1 spiro atoms. The number of carbonyl (C=O) groups excluding carboxylic acids is 3. The first-order valence-electron chi connectivity index (χ1n) is 13.6. The van der Waals surface area contributed by atoms with E-state index in [-0.39, 0.29) is 30.3 Å². The topological polar surface area (TPSA) is 87.7 Å². The van der Waals surface area contributed by atoms with Gasteiger partial charge in [-0.05, 0) is 55.7 Å². The summed E-state index contributed by atoms with van der Waals surface area (Å²) in [5.41, 5.74) is -1.04. The highest BCUT2D eigenvalue weighted by Crippen LogP contribution is 2.60. The van der Waals surface area contributed by atoms with E-state index in [1.165, 1.54) is 0 Å². The molecule has 3 fully saturated rings. The van der Waals surface area contributed by atoms with Crippen LogP contribution in [0.1, 0.15) is 44.6 Å². The van der Waals surface area contributed by atoms with Gasteiger partial charge in [-0.1, -0.05) is 78.4 Å². The zero-order chi connectivity index (χ0) is 28.2. The third-order valence-corrected chi connectivity index (χ3v) is 9.72. The molecule has 0 radical (unpaired) electrons. The summed E-state index contributed by atoms with van der Waals surface area (Å²) in [4.78, 5) is 43.6. The van der Waals surface area contributed by atoms with Crippen molar-refractivity contribution in [2.75, 3.05) is 5.32 Å². The Morgan fingerprint density at radius 1 is 0.975 bits per heavy atom. The van der Waals surface area contributed by atoms with Crippen LogP contribution in [-0.4, -0.2) is 45.9 Å². The average Bonchev–Trinajstić information content (AvgIpc) is 3.49. The molecule has 5 atom stereocenters. The minimum Gasteiger partial charge on any atom is -0.356 e. The van der Waals surface area contributed by atoms with Crippen molar-refractivity contribution in [1.29, 1.82) is 0 Å². The zero-order valence-electron chi connectivity index (χ0n) is 22.0. The lowest BCUT2D eigenvalue weighted by molar-refractivity contribution is -0.145. The molecular formula is C30H30Cl3N3O4. The van der Waals surface area contributed by atoms with Crippen LogP contribution in [0.15, 0.2) is 54.6 Å². The fourth-order valence-electron chi connectivity index (χ4n) is 6.91. The molecule has 3 aliphatic heterocycles. The molecule has 210 valence electrons. The Labute approximate surface area is 248 Å². The van der Waals surface area contributed by atoms with E-state index in [1.807, 2.05) is 24.3 Å². The second-order valence-electron chi connectivity index (χ2n) is 11.4. The number of amides is 3.